The summed E-state index contributed by atoms with van der Waals surface area (Å²) in [6.07, 6.45) is -11.7. The molecule has 8 rings (SSSR count). The molecular formula is C49H79NO17. The Kier molecular flexibility index (Phi) is 13.8. The highest BCUT2D eigenvalue weighted by Crippen LogP contribution is 2.76. The van der Waals surface area contributed by atoms with Crippen LogP contribution in [0.25, 0.3) is 0 Å². The molecule has 23 atom stereocenters. The fourth-order valence-corrected chi connectivity index (χ4v) is 15.2. The molecule has 0 radical (unpaired) electrons. The van der Waals surface area contributed by atoms with Gasteiger partial charge >= 0.3 is 5.97 Å². The number of hydrogen-bond donors (Lipinski definition) is 10. The van der Waals surface area contributed by atoms with Gasteiger partial charge in [-0.3, -0.25) is 9.59 Å². The van der Waals surface area contributed by atoms with Gasteiger partial charge in [0.15, 0.2) is 18.9 Å². The lowest BCUT2D eigenvalue weighted by atomic mass is 9.33. The van der Waals surface area contributed by atoms with Crippen molar-refractivity contribution in [3.63, 3.8) is 0 Å². The van der Waals surface area contributed by atoms with Gasteiger partial charge < -0.3 is 79.7 Å². The summed E-state index contributed by atoms with van der Waals surface area (Å²) in [5.74, 6) is -1.22. The molecule has 3 heterocycles. The van der Waals surface area contributed by atoms with Crippen molar-refractivity contribution in [2.45, 2.75) is 218 Å². The Morgan fingerprint density at radius 1 is 0.761 bits per heavy atom. The van der Waals surface area contributed by atoms with E-state index >= 15 is 0 Å². The number of carbonyl (C=O) groups is 2. The van der Waals surface area contributed by atoms with Gasteiger partial charge in [0.2, 0.25) is 5.91 Å². The highest BCUT2D eigenvalue weighted by molar-refractivity contribution is 5.77. The zero-order valence-electron chi connectivity index (χ0n) is 40.6. The highest BCUT2D eigenvalue weighted by atomic mass is 16.8. The van der Waals surface area contributed by atoms with Crippen LogP contribution >= 0.6 is 0 Å². The van der Waals surface area contributed by atoms with Gasteiger partial charge in [-0.15, -0.1) is 0 Å². The Morgan fingerprint density at radius 3 is 2.13 bits per heavy atom. The number of ether oxygens (including phenoxy) is 6. The number of allylic oxidation sites excluding steroid dienone is 2. The third-order valence-electron chi connectivity index (χ3n) is 19.3. The number of nitrogens with one attached hydrogen (secondary N) is 1. The van der Waals surface area contributed by atoms with Crippen LogP contribution in [0, 0.1) is 50.2 Å². The molecular weight excluding hydrogens is 875 g/mol. The summed E-state index contributed by atoms with van der Waals surface area (Å²) in [5, 5.41) is 101. The molecule has 18 heteroatoms. The maximum atomic E-state index is 13.2. The molecule has 3 saturated heterocycles. The van der Waals surface area contributed by atoms with Crippen molar-refractivity contribution in [3.8, 4) is 0 Å². The number of fused-ring (bicyclic) bond motifs is 7. The summed E-state index contributed by atoms with van der Waals surface area (Å²) in [6.45, 7) is 17.8. The monoisotopic (exact) mass is 954 g/mol. The number of hydrogen-bond acceptors (Lipinski definition) is 16. The molecule has 0 unspecified atom stereocenters. The van der Waals surface area contributed by atoms with E-state index in [4.69, 9.17) is 28.4 Å². The van der Waals surface area contributed by atoms with Crippen molar-refractivity contribution < 1.29 is 84.0 Å². The molecule has 1 amide bonds. The molecule has 0 aromatic rings. The van der Waals surface area contributed by atoms with Crippen LogP contribution < -0.4 is 5.32 Å². The van der Waals surface area contributed by atoms with E-state index in [1.807, 2.05) is 0 Å². The lowest BCUT2D eigenvalue weighted by Gasteiger charge is -2.71. The molecule has 0 aromatic heterocycles. The number of amides is 1. The van der Waals surface area contributed by atoms with E-state index in [0.29, 0.717) is 19.3 Å². The Labute approximate surface area is 393 Å². The fraction of sp³-hybridized carbons (Fsp3) is 0.918. The molecule has 67 heavy (non-hydrogen) atoms. The molecule has 18 nitrogen and oxygen atoms in total. The van der Waals surface area contributed by atoms with E-state index in [1.54, 1.807) is 0 Å². The van der Waals surface area contributed by atoms with E-state index in [-0.39, 0.29) is 40.6 Å². The van der Waals surface area contributed by atoms with Crippen LogP contribution in [0.4, 0.5) is 0 Å². The zero-order chi connectivity index (χ0) is 49.1. The molecule has 0 aromatic carbocycles. The second-order valence-corrected chi connectivity index (χ2v) is 23.9. The molecule has 7 fully saturated rings. The predicted molar refractivity (Wildman–Crippen MR) is 236 cm³/mol. The Balaban J connectivity index is 1.01. The van der Waals surface area contributed by atoms with Gasteiger partial charge in [0, 0.05) is 6.92 Å². The van der Waals surface area contributed by atoms with Crippen LogP contribution in [0.5, 0.6) is 0 Å². The molecule has 4 saturated carbocycles. The molecule has 8 aliphatic rings. The predicted octanol–water partition coefficient (Wildman–Crippen LogP) is 1.49. The maximum Gasteiger partial charge on any atom is 0.312 e. The third kappa shape index (κ3) is 8.26. The minimum atomic E-state index is -1.72. The second kappa shape index (κ2) is 18.0. The highest BCUT2D eigenvalue weighted by Gasteiger charge is 2.71. The van der Waals surface area contributed by atoms with Crippen molar-refractivity contribution >= 4 is 11.9 Å². The first-order valence-electron chi connectivity index (χ1n) is 24.6. The van der Waals surface area contributed by atoms with Gasteiger partial charge in [-0.2, -0.15) is 0 Å². The van der Waals surface area contributed by atoms with E-state index in [0.717, 1.165) is 38.5 Å². The average Bonchev–Trinajstić information content (AvgIpc) is 3.24. The molecule has 0 bridgehead atoms. The first kappa shape index (κ1) is 51.5. The van der Waals surface area contributed by atoms with Gasteiger partial charge in [0.1, 0.15) is 66.4 Å². The van der Waals surface area contributed by atoms with Crippen LogP contribution in [0.15, 0.2) is 11.6 Å². The van der Waals surface area contributed by atoms with Crippen LogP contribution in [0.3, 0.4) is 0 Å². The van der Waals surface area contributed by atoms with Crippen LogP contribution in [0.2, 0.25) is 0 Å². The lowest BCUT2D eigenvalue weighted by molar-refractivity contribution is -0.361. The summed E-state index contributed by atoms with van der Waals surface area (Å²) >= 11 is 0. The second-order valence-electron chi connectivity index (χ2n) is 23.9. The topological polar surface area (TPSA) is 284 Å². The number of aliphatic carboxylic acids is 1. The number of aliphatic hydroxyl groups excluding tert-OH is 8. The van der Waals surface area contributed by atoms with E-state index in [9.17, 15) is 55.5 Å². The quantitative estimate of drug-likeness (QED) is 0.116. The molecule has 10 N–H and O–H groups in total. The van der Waals surface area contributed by atoms with E-state index in [2.05, 4.69) is 59.9 Å². The van der Waals surface area contributed by atoms with E-state index in [1.165, 1.54) is 19.4 Å². The molecule has 382 valence electrons. The number of carboxylic acid groups (broad SMARTS) is 1. The van der Waals surface area contributed by atoms with Gasteiger partial charge in [-0.25, -0.2) is 0 Å². The van der Waals surface area contributed by atoms with E-state index < -0.39 is 133 Å². The summed E-state index contributed by atoms with van der Waals surface area (Å²) in [4.78, 5) is 25.8. The third-order valence-corrected chi connectivity index (χ3v) is 19.3. The Hall–Kier alpha value is -1.88. The minimum Gasteiger partial charge on any atom is -0.481 e. The van der Waals surface area contributed by atoms with Crippen LogP contribution in [0.1, 0.15) is 120 Å². The average molecular weight is 954 g/mol. The fourth-order valence-electron chi connectivity index (χ4n) is 15.2. The van der Waals surface area contributed by atoms with Crippen molar-refractivity contribution in [1.82, 2.24) is 5.32 Å². The minimum absolute atomic E-state index is 0.0448. The van der Waals surface area contributed by atoms with Crippen molar-refractivity contribution in [2.75, 3.05) is 13.2 Å². The smallest absolute Gasteiger partial charge is 0.312 e. The molecule has 0 spiro atoms. The first-order valence-corrected chi connectivity index (χ1v) is 24.6. The summed E-state index contributed by atoms with van der Waals surface area (Å²) in [7, 11) is 0. The Morgan fingerprint density at radius 2 is 1.46 bits per heavy atom. The molecule has 3 aliphatic heterocycles. The van der Waals surface area contributed by atoms with Crippen molar-refractivity contribution in [1.29, 1.82) is 0 Å². The first-order chi connectivity index (χ1) is 31.1. The molecule has 5 aliphatic carbocycles. The number of carboxylic acids is 1. The number of rotatable bonds is 9. The maximum absolute atomic E-state index is 13.2. The van der Waals surface area contributed by atoms with Crippen LogP contribution in [-0.2, 0) is 38.0 Å². The largest absolute Gasteiger partial charge is 0.481 e. The van der Waals surface area contributed by atoms with Gasteiger partial charge in [-0.1, -0.05) is 60.1 Å². The van der Waals surface area contributed by atoms with Gasteiger partial charge in [0.25, 0.3) is 0 Å². The summed E-state index contributed by atoms with van der Waals surface area (Å²) in [6, 6.07) is -1.17. The van der Waals surface area contributed by atoms with Gasteiger partial charge in [0.05, 0.1) is 31.5 Å². The standard InChI is InChI=1S/C49H79NO17/c1-22-33(54)37(58)39(67-41-38(59)34(55)26(52)20-62-41)42(64-22)63-21-27-35(56)36(57)32(50-23(2)51)40(65-27)66-31-13-14-46(7)28(45(31,5)6)12-15-47(8)29(46)11-10-24-25-18-44(3,4)16-17-49(25,43(60)61)30(53)19-48(24,47)9/h10,22,25-42,52-59H,11-21H2,1-9H3,(H,50,51)(H,60,61)/t22-,25-,26-,27-,28-,29-,30-,31+,32-,33+,34+,35-,36-,37+,38-,39-,40+,41+,42-,46+,47-,48-,49-/m1/s1. The number of carbonyl (C=O) groups excluding carboxylic acids is 1. The zero-order valence-corrected chi connectivity index (χ0v) is 40.6. The normalized spacial score (nSPS) is 52.6. The SMILES string of the molecule is CC(=O)N[C@H]1[C@H](O[C@H]2CC[C@@]3(C)[C@H](CC[C@]4(C)[C@@H]3CC=C3[C@H]5CC(C)(C)CC[C@]5(C(=O)O)[C@H](O)C[C@]34C)C2(C)C)O[C@H](CO[C@@H]2O[C@H](C)[C@H](O)[C@H](O)[C@H]2O[C@@H]2OC[C@@H](O)[C@H](O)[C@H]2O)[C@@H](O)[C@@H]1O. The lowest BCUT2D eigenvalue weighted by Crippen LogP contribution is -2.68. The number of aliphatic hydroxyl groups is 8. The van der Waals surface area contributed by atoms with Crippen molar-refractivity contribution in [3.05, 3.63) is 11.6 Å². The summed E-state index contributed by atoms with van der Waals surface area (Å²) in [5.41, 5.74) is -1.27. The summed E-state index contributed by atoms with van der Waals surface area (Å²) < 4.78 is 36.4. The Bertz CT molecular complexity index is 1880. The van der Waals surface area contributed by atoms with Crippen LogP contribution in [-0.4, -0.2) is 169 Å². The van der Waals surface area contributed by atoms with Crippen molar-refractivity contribution in [2.24, 2.45) is 50.2 Å². The van der Waals surface area contributed by atoms with Gasteiger partial charge in [-0.05, 0) is 110 Å².